The van der Waals surface area contributed by atoms with Gasteiger partial charge in [0.2, 0.25) is 0 Å². The number of hydrogen-bond donors (Lipinski definition) is 2. The average Bonchev–Trinajstić information content (AvgIpc) is 3.23. The topological polar surface area (TPSA) is 35.5 Å². The Hall–Kier alpha value is -1.04. The van der Waals surface area contributed by atoms with Gasteiger partial charge in [-0.15, -0.1) is 0 Å². The first-order valence-corrected chi connectivity index (χ1v) is 7.20. The third kappa shape index (κ3) is 3.98. The van der Waals surface area contributed by atoms with Gasteiger partial charge in [-0.2, -0.15) is 0 Å². The van der Waals surface area contributed by atoms with Crippen molar-refractivity contribution in [3.05, 3.63) is 35.4 Å². The smallest absolute Gasteiger partial charge is 0.131 e. The molecular formula is C15H22F2N2O. The van der Waals surface area contributed by atoms with Crippen LogP contribution in [0, 0.1) is 11.6 Å². The lowest BCUT2D eigenvalue weighted by atomic mass is 10.1. The van der Waals surface area contributed by atoms with E-state index in [0.29, 0.717) is 12.6 Å². The molecule has 1 aromatic rings. The summed E-state index contributed by atoms with van der Waals surface area (Å²) >= 11 is 0. The van der Waals surface area contributed by atoms with E-state index >= 15 is 0 Å². The van der Waals surface area contributed by atoms with Crippen LogP contribution in [0.3, 0.4) is 0 Å². The van der Waals surface area contributed by atoms with Crippen LogP contribution in [-0.2, 0) is 0 Å². The molecule has 0 aliphatic heterocycles. The van der Waals surface area contributed by atoms with Gasteiger partial charge in [-0.05, 0) is 31.5 Å². The van der Waals surface area contributed by atoms with Crippen LogP contribution >= 0.6 is 0 Å². The molecular weight excluding hydrogens is 262 g/mol. The number of hydrogen-bond acceptors (Lipinski definition) is 3. The largest absolute Gasteiger partial charge is 0.387 e. The summed E-state index contributed by atoms with van der Waals surface area (Å²) in [4.78, 5) is 2.38. The molecule has 0 aromatic heterocycles. The Balaban J connectivity index is 1.76. The number of nitrogens with zero attached hydrogens (tertiary/aromatic N) is 1. The molecule has 5 heteroatoms. The Morgan fingerprint density at radius 3 is 2.55 bits per heavy atom. The first-order valence-electron chi connectivity index (χ1n) is 7.20. The molecule has 1 saturated carbocycles. The van der Waals surface area contributed by atoms with Gasteiger partial charge in [0, 0.05) is 25.7 Å². The minimum Gasteiger partial charge on any atom is -0.387 e. The Labute approximate surface area is 118 Å². The Bertz CT molecular complexity index is 418. The van der Waals surface area contributed by atoms with Gasteiger partial charge in [-0.3, -0.25) is 4.90 Å². The molecule has 112 valence electrons. The highest BCUT2D eigenvalue weighted by molar-refractivity contribution is 5.22. The van der Waals surface area contributed by atoms with Crippen molar-refractivity contribution in [3.63, 3.8) is 0 Å². The number of aliphatic hydroxyl groups excluding tert-OH is 1. The molecule has 0 spiro atoms. The summed E-state index contributed by atoms with van der Waals surface area (Å²) in [5, 5.41) is 12.9. The zero-order valence-electron chi connectivity index (χ0n) is 11.8. The third-order valence-corrected chi connectivity index (χ3v) is 3.72. The highest BCUT2D eigenvalue weighted by Gasteiger charge is 2.27. The number of nitrogens with one attached hydrogen (secondary N) is 1. The second kappa shape index (κ2) is 7.11. The van der Waals surface area contributed by atoms with E-state index in [4.69, 9.17) is 0 Å². The van der Waals surface area contributed by atoms with Gasteiger partial charge in [-0.1, -0.05) is 13.0 Å². The normalized spacial score (nSPS) is 16.6. The van der Waals surface area contributed by atoms with Crippen molar-refractivity contribution in [2.24, 2.45) is 0 Å². The lowest BCUT2D eigenvalue weighted by molar-refractivity contribution is 0.162. The summed E-state index contributed by atoms with van der Waals surface area (Å²) in [5.74, 6) is -1.40. The van der Waals surface area contributed by atoms with Crippen molar-refractivity contribution >= 4 is 0 Å². The quantitative estimate of drug-likeness (QED) is 0.717. The molecule has 1 unspecified atom stereocenters. The second-order valence-electron chi connectivity index (χ2n) is 5.22. The van der Waals surface area contributed by atoms with Crippen LogP contribution in [0.4, 0.5) is 8.78 Å². The van der Waals surface area contributed by atoms with E-state index in [1.54, 1.807) is 0 Å². The maximum Gasteiger partial charge on any atom is 0.131 e. The molecule has 0 saturated heterocycles. The molecule has 0 radical (unpaired) electrons. The van der Waals surface area contributed by atoms with Crippen molar-refractivity contribution in [1.29, 1.82) is 0 Å². The van der Waals surface area contributed by atoms with E-state index in [1.165, 1.54) is 18.9 Å². The van der Waals surface area contributed by atoms with Crippen LogP contribution in [0.1, 0.15) is 31.4 Å². The van der Waals surface area contributed by atoms with Gasteiger partial charge in [-0.25, -0.2) is 8.78 Å². The molecule has 0 bridgehead atoms. The Morgan fingerprint density at radius 2 is 2.00 bits per heavy atom. The second-order valence-corrected chi connectivity index (χ2v) is 5.22. The van der Waals surface area contributed by atoms with Gasteiger partial charge in [0.1, 0.15) is 11.6 Å². The molecule has 2 N–H and O–H groups in total. The van der Waals surface area contributed by atoms with Crippen LogP contribution in [0.2, 0.25) is 0 Å². The van der Waals surface area contributed by atoms with Crippen LogP contribution in [0.5, 0.6) is 0 Å². The predicted octanol–water partition coefficient (Wildman–Crippen LogP) is 2.07. The molecule has 20 heavy (non-hydrogen) atoms. The first kappa shape index (κ1) is 15.4. The minimum absolute atomic E-state index is 0.153. The van der Waals surface area contributed by atoms with E-state index < -0.39 is 17.7 Å². The summed E-state index contributed by atoms with van der Waals surface area (Å²) in [6.07, 6.45) is 1.36. The monoisotopic (exact) mass is 284 g/mol. The number of rotatable bonds is 8. The fourth-order valence-corrected chi connectivity index (χ4v) is 2.43. The minimum atomic E-state index is -1.16. The summed E-state index contributed by atoms with van der Waals surface area (Å²) < 4.78 is 26.9. The summed E-state index contributed by atoms with van der Waals surface area (Å²) in [6, 6.07) is 4.32. The molecule has 1 aromatic carbocycles. The van der Waals surface area contributed by atoms with Crippen LogP contribution in [-0.4, -0.2) is 42.2 Å². The Morgan fingerprint density at radius 1 is 1.35 bits per heavy atom. The molecule has 3 nitrogen and oxygen atoms in total. The number of benzene rings is 1. The van der Waals surface area contributed by atoms with Crippen LogP contribution < -0.4 is 5.32 Å². The summed E-state index contributed by atoms with van der Waals surface area (Å²) in [5.41, 5.74) is -0.255. The maximum atomic E-state index is 13.5. The molecule has 1 aliphatic carbocycles. The molecule has 0 heterocycles. The fraction of sp³-hybridized carbons (Fsp3) is 0.600. The van der Waals surface area contributed by atoms with Gasteiger partial charge >= 0.3 is 0 Å². The van der Waals surface area contributed by atoms with E-state index in [-0.39, 0.29) is 12.1 Å². The van der Waals surface area contributed by atoms with Crippen molar-refractivity contribution in [2.75, 3.05) is 26.2 Å². The third-order valence-electron chi connectivity index (χ3n) is 3.72. The number of aliphatic hydroxyl groups is 1. The SMILES string of the molecule is CCN(CCNCC(O)c1c(F)cccc1F)C1CC1. The Kier molecular flexibility index (Phi) is 5.46. The number of likely N-dealkylation sites (N-methyl/N-ethyl adjacent to an activating group) is 1. The average molecular weight is 284 g/mol. The van der Waals surface area contributed by atoms with E-state index in [1.807, 2.05) is 0 Å². The van der Waals surface area contributed by atoms with Crippen molar-refractivity contribution in [3.8, 4) is 0 Å². The van der Waals surface area contributed by atoms with Gasteiger partial charge in [0.05, 0.1) is 11.7 Å². The molecule has 1 fully saturated rings. The molecule has 1 aliphatic rings. The van der Waals surface area contributed by atoms with Crippen LogP contribution in [0.25, 0.3) is 0 Å². The van der Waals surface area contributed by atoms with Crippen molar-refractivity contribution < 1.29 is 13.9 Å². The van der Waals surface area contributed by atoms with Gasteiger partial charge in [0.25, 0.3) is 0 Å². The lowest BCUT2D eigenvalue weighted by Crippen LogP contribution is -2.35. The highest BCUT2D eigenvalue weighted by Crippen LogP contribution is 2.25. The number of halogens is 2. The summed E-state index contributed by atoms with van der Waals surface area (Å²) in [6.45, 7) is 4.89. The van der Waals surface area contributed by atoms with E-state index in [9.17, 15) is 13.9 Å². The van der Waals surface area contributed by atoms with Crippen LogP contribution in [0.15, 0.2) is 18.2 Å². The lowest BCUT2D eigenvalue weighted by Gasteiger charge is -2.20. The van der Waals surface area contributed by atoms with Crippen molar-refractivity contribution in [1.82, 2.24) is 10.2 Å². The van der Waals surface area contributed by atoms with Crippen molar-refractivity contribution in [2.45, 2.75) is 31.9 Å². The van der Waals surface area contributed by atoms with Gasteiger partial charge < -0.3 is 10.4 Å². The summed E-state index contributed by atoms with van der Waals surface area (Å²) in [7, 11) is 0. The van der Waals surface area contributed by atoms with E-state index in [0.717, 1.165) is 25.2 Å². The molecule has 1 atom stereocenters. The zero-order valence-corrected chi connectivity index (χ0v) is 11.8. The predicted molar refractivity (Wildman–Crippen MR) is 74.5 cm³/mol. The fourth-order valence-electron chi connectivity index (χ4n) is 2.43. The standard InChI is InChI=1S/C15H22F2N2O/c1-2-19(11-6-7-11)9-8-18-10-14(20)15-12(16)4-3-5-13(15)17/h3-5,11,14,18,20H,2,6-10H2,1H3. The maximum absolute atomic E-state index is 13.5. The first-order chi connectivity index (χ1) is 9.63. The molecule has 0 amide bonds. The van der Waals surface area contributed by atoms with Gasteiger partial charge in [0.15, 0.2) is 0 Å². The highest BCUT2D eigenvalue weighted by atomic mass is 19.1. The zero-order chi connectivity index (χ0) is 14.5. The van der Waals surface area contributed by atoms with E-state index in [2.05, 4.69) is 17.1 Å². The molecule has 2 rings (SSSR count).